The molecule has 0 unspecified atom stereocenters. The lowest BCUT2D eigenvalue weighted by atomic mass is 9.80. The Kier molecular flexibility index (Phi) is 11.9. The van der Waals surface area contributed by atoms with Crippen molar-refractivity contribution in [1.29, 1.82) is 0 Å². The van der Waals surface area contributed by atoms with Gasteiger partial charge in [-0.1, -0.05) is 0 Å². The molecule has 2 N–H and O–H groups in total. The fourth-order valence-electron chi connectivity index (χ4n) is 6.39. The van der Waals surface area contributed by atoms with Crippen LogP contribution in [0.5, 0.6) is 0 Å². The molecule has 7 rings (SSSR count). The molecular weight excluding hydrogens is 751 g/mol. The van der Waals surface area contributed by atoms with Gasteiger partial charge in [0, 0.05) is 88.8 Å². The van der Waals surface area contributed by atoms with Crippen molar-refractivity contribution in [2.45, 2.75) is 38.9 Å². The van der Waals surface area contributed by atoms with Crippen molar-refractivity contribution >= 4 is 62.9 Å². The minimum absolute atomic E-state index is 0.0851. The van der Waals surface area contributed by atoms with Crippen molar-refractivity contribution in [3.8, 4) is 0 Å². The Hall–Kier alpha value is -4.22. The van der Waals surface area contributed by atoms with Crippen LogP contribution in [0.3, 0.4) is 0 Å². The third kappa shape index (κ3) is 9.17. The van der Waals surface area contributed by atoms with E-state index in [0.29, 0.717) is 23.0 Å². The number of hydrogen-bond acceptors (Lipinski definition) is 12. The highest BCUT2D eigenvalue weighted by molar-refractivity contribution is 9.10. The second kappa shape index (κ2) is 16.3. The van der Waals surface area contributed by atoms with E-state index in [2.05, 4.69) is 70.2 Å². The molecule has 4 aromatic rings. The number of aryl methyl sites for hydroxylation is 2. The van der Waals surface area contributed by atoms with Crippen LogP contribution in [-0.2, 0) is 23.4 Å². The molecule has 3 saturated heterocycles. The van der Waals surface area contributed by atoms with Gasteiger partial charge in [0.05, 0.1) is 35.0 Å². The van der Waals surface area contributed by atoms with Crippen LogP contribution in [0.25, 0.3) is 0 Å². The summed E-state index contributed by atoms with van der Waals surface area (Å²) in [5.74, 6) is 1.29. The number of nitrogens with one attached hydrogen (secondary N) is 2. The summed E-state index contributed by atoms with van der Waals surface area (Å²) in [5, 5.41) is 6.26. The minimum Gasteiger partial charge on any atom is -0.399 e. The summed E-state index contributed by atoms with van der Waals surface area (Å²) in [5.41, 5.74) is 2.83. The number of hydrogen-bond donors (Lipinski definition) is 2. The second-order valence-corrected chi connectivity index (χ2v) is 16.2. The molecule has 3 aliphatic rings. The zero-order valence-electron chi connectivity index (χ0n) is 32.6. The molecule has 0 saturated carbocycles. The van der Waals surface area contributed by atoms with Crippen molar-refractivity contribution in [1.82, 2.24) is 28.9 Å². The smallest absolute Gasteiger partial charge is 0.399 e. The molecule has 3 aliphatic heterocycles. The molecule has 0 spiro atoms. The van der Waals surface area contributed by atoms with E-state index in [-0.39, 0.29) is 11.1 Å². The fraction of sp³-hybridized carbons (Fsp3) is 0.474. The standard InChI is InChI=1S/C22H32BN5O3.C16H20BrN5O/c1-21(2)22(3,4)31-23(30-21)16-13-18(20(29)27(6)15-16)25-19-8-7-17(14-24-19)28-11-9-26(5)10-12-28;1-20-5-7-22(8-6-20)13-3-4-15(18-10-13)19-14-9-12(17)11-21(2)16(14)23/h7-8,13-15H,9-12H2,1-6H3,(H,24,25);3-4,9-11H,5-8H2,1-2H3,(H,18,19). The highest BCUT2D eigenvalue weighted by Gasteiger charge is 2.52. The van der Waals surface area contributed by atoms with Crippen LogP contribution in [0.2, 0.25) is 0 Å². The van der Waals surface area contributed by atoms with E-state index in [1.807, 2.05) is 64.4 Å². The summed E-state index contributed by atoms with van der Waals surface area (Å²) < 4.78 is 16.2. The van der Waals surface area contributed by atoms with E-state index in [9.17, 15) is 9.59 Å². The zero-order chi connectivity index (χ0) is 38.8. The molecule has 14 nitrogen and oxygen atoms in total. The number of halogens is 1. The molecule has 54 heavy (non-hydrogen) atoms. The maximum absolute atomic E-state index is 12.7. The molecular formula is C38H52BBrN10O4. The minimum atomic E-state index is -0.537. The first kappa shape index (κ1) is 39.5. The molecule has 288 valence electrons. The van der Waals surface area contributed by atoms with Crippen molar-refractivity contribution in [2.75, 3.05) is 86.9 Å². The van der Waals surface area contributed by atoms with Crippen molar-refractivity contribution in [3.05, 3.63) is 86.4 Å². The van der Waals surface area contributed by atoms with E-state index >= 15 is 0 Å². The van der Waals surface area contributed by atoms with E-state index in [0.717, 1.165) is 73.7 Å². The van der Waals surface area contributed by atoms with E-state index in [4.69, 9.17) is 9.31 Å². The Balaban J connectivity index is 0.000000193. The van der Waals surface area contributed by atoms with Crippen molar-refractivity contribution in [3.63, 3.8) is 0 Å². The number of rotatable bonds is 7. The van der Waals surface area contributed by atoms with Crippen LogP contribution in [0, 0.1) is 0 Å². The molecule has 0 aromatic carbocycles. The SMILES string of the molecule is CN1CCN(c2ccc(Nc3cc(B4OC(C)(C)C(C)(C)O4)cn(C)c3=O)nc2)CC1.CN1CCN(c2ccc(Nc3cc(Br)cn(C)c3=O)nc2)CC1. The van der Waals surface area contributed by atoms with E-state index in [1.165, 1.54) is 4.57 Å². The lowest BCUT2D eigenvalue weighted by molar-refractivity contribution is 0.00578. The Morgan fingerprint density at radius 2 is 1.07 bits per heavy atom. The molecule has 3 fully saturated rings. The lowest BCUT2D eigenvalue weighted by Gasteiger charge is -2.33. The van der Waals surface area contributed by atoms with Crippen molar-refractivity contribution < 1.29 is 9.31 Å². The van der Waals surface area contributed by atoms with Crippen LogP contribution in [0.15, 0.2) is 75.2 Å². The van der Waals surface area contributed by atoms with Gasteiger partial charge < -0.3 is 48.7 Å². The second-order valence-electron chi connectivity index (χ2n) is 15.3. The van der Waals surface area contributed by atoms with Crippen LogP contribution in [0.4, 0.5) is 34.4 Å². The topological polar surface area (TPSA) is 125 Å². The molecule has 7 heterocycles. The molecule has 0 atom stereocenters. The van der Waals surface area contributed by atoms with Crippen LogP contribution in [0.1, 0.15) is 27.7 Å². The number of aromatic nitrogens is 4. The zero-order valence-corrected chi connectivity index (χ0v) is 34.2. The van der Waals surface area contributed by atoms with Crippen LogP contribution < -0.4 is 37.0 Å². The molecule has 16 heteroatoms. The summed E-state index contributed by atoms with van der Waals surface area (Å²) in [6, 6.07) is 11.5. The van der Waals surface area contributed by atoms with Gasteiger partial charge in [0.1, 0.15) is 23.0 Å². The number of piperazine rings is 2. The first-order valence-corrected chi connectivity index (χ1v) is 19.1. The summed E-state index contributed by atoms with van der Waals surface area (Å²) in [6.07, 6.45) is 7.21. The first-order chi connectivity index (χ1) is 25.6. The Morgan fingerprint density at radius 1 is 0.648 bits per heavy atom. The van der Waals surface area contributed by atoms with Gasteiger partial charge in [0.15, 0.2) is 0 Å². The van der Waals surface area contributed by atoms with Gasteiger partial charge in [-0.2, -0.15) is 0 Å². The average molecular weight is 804 g/mol. The maximum Gasteiger partial charge on any atom is 0.496 e. The largest absolute Gasteiger partial charge is 0.496 e. The van der Waals surface area contributed by atoms with Crippen molar-refractivity contribution in [2.24, 2.45) is 14.1 Å². The number of pyridine rings is 4. The highest BCUT2D eigenvalue weighted by atomic mass is 79.9. The van der Waals surface area contributed by atoms with E-state index < -0.39 is 18.3 Å². The molecule has 0 aliphatic carbocycles. The summed E-state index contributed by atoms with van der Waals surface area (Å²) in [4.78, 5) is 43.1. The Morgan fingerprint density at radius 3 is 1.50 bits per heavy atom. The monoisotopic (exact) mass is 802 g/mol. The van der Waals surface area contributed by atoms with Gasteiger partial charge in [0.2, 0.25) is 0 Å². The van der Waals surface area contributed by atoms with Gasteiger partial charge in [-0.3, -0.25) is 9.59 Å². The van der Waals surface area contributed by atoms with Gasteiger partial charge in [-0.15, -0.1) is 0 Å². The summed E-state index contributed by atoms with van der Waals surface area (Å²) in [7, 11) is 7.20. The van der Waals surface area contributed by atoms with Gasteiger partial charge >= 0.3 is 7.12 Å². The molecule has 4 aromatic heterocycles. The predicted molar refractivity (Wildman–Crippen MR) is 221 cm³/mol. The lowest BCUT2D eigenvalue weighted by Crippen LogP contribution is -2.44. The van der Waals surface area contributed by atoms with Gasteiger partial charge in [-0.05, 0) is 94.1 Å². The van der Waals surface area contributed by atoms with Gasteiger partial charge in [-0.25, -0.2) is 9.97 Å². The number of likely N-dealkylation sites (N-methyl/N-ethyl adjacent to an activating group) is 2. The third-order valence-electron chi connectivity index (χ3n) is 10.6. The van der Waals surface area contributed by atoms with E-state index in [1.54, 1.807) is 43.2 Å². The Labute approximate surface area is 326 Å². The first-order valence-electron chi connectivity index (χ1n) is 18.3. The molecule has 0 amide bonds. The van der Waals surface area contributed by atoms with Crippen LogP contribution in [-0.4, -0.2) is 114 Å². The third-order valence-corrected chi connectivity index (χ3v) is 11.1. The molecule has 0 radical (unpaired) electrons. The predicted octanol–water partition coefficient (Wildman–Crippen LogP) is 3.61. The molecule has 0 bridgehead atoms. The quantitative estimate of drug-likeness (QED) is 0.266. The highest BCUT2D eigenvalue weighted by Crippen LogP contribution is 2.36. The van der Waals surface area contributed by atoms with Gasteiger partial charge in [0.25, 0.3) is 11.1 Å². The Bertz CT molecular complexity index is 2010. The fourth-order valence-corrected chi connectivity index (χ4v) is 6.93. The average Bonchev–Trinajstić information content (AvgIpc) is 3.36. The number of nitrogens with zero attached hydrogens (tertiary/aromatic N) is 8. The maximum atomic E-state index is 12.7. The normalized spacial score (nSPS) is 18.6. The summed E-state index contributed by atoms with van der Waals surface area (Å²) in [6.45, 7) is 16.3. The van der Waals surface area contributed by atoms with Crippen LogP contribution >= 0.6 is 15.9 Å². The number of anilines is 6. The summed E-state index contributed by atoms with van der Waals surface area (Å²) >= 11 is 3.40.